The number of benzene rings is 1. The average Bonchev–Trinajstić information content (AvgIpc) is 2.61. The van der Waals surface area contributed by atoms with Crippen LogP contribution in [0.2, 0.25) is 0 Å². The Hall–Kier alpha value is -2.08. The minimum absolute atomic E-state index is 0.131. The van der Waals surface area contributed by atoms with Crippen molar-refractivity contribution in [3.8, 4) is 0 Å². The van der Waals surface area contributed by atoms with Crippen LogP contribution in [0.15, 0.2) is 30.3 Å². The topological polar surface area (TPSA) is 84.7 Å². The fourth-order valence-corrected chi connectivity index (χ4v) is 3.20. The summed E-state index contributed by atoms with van der Waals surface area (Å²) in [5.74, 6) is -0.346. The van der Waals surface area contributed by atoms with Crippen LogP contribution >= 0.6 is 0 Å². The first-order chi connectivity index (χ1) is 11.6. The maximum Gasteiger partial charge on any atom is 0.317 e. The Morgan fingerprint density at radius 1 is 1.33 bits per heavy atom. The van der Waals surface area contributed by atoms with Gasteiger partial charge in [0.15, 0.2) is 0 Å². The van der Waals surface area contributed by atoms with Crippen molar-refractivity contribution in [3.63, 3.8) is 0 Å². The summed E-state index contributed by atoms with van der Waals surface area (Å²) in [6.45, 7) is 2.05. The summed E-state index contributed by atoms with van der Waals surface area (Å²) in [7, 11) is 1.60. The molecule has 0 aliphatic carbocycles. The normalized spacial score (nSPS) is 20.6. The maximum absolute atomic E-state index is 12.4. The Morgan fingerprint density at radius 3 is 2.75 bits per heavy atom. The Labute approximate surface area is 143 Å². The number of hydrogen-bond donors (Lipinski definition) is 2. The van der Waals surface area contributed by atoms with Gasteiger partial charge in [-0.15, -0.1) is 0 Å². The summed E-state index contributed by atoms with van der Waals surface area (Å²) in [4.78, 5) is 26.1. The van der Waals surface area contributed by atoms with E-state index in [4.69, 9.17) is 10.5 Å². The quantitative estimate of drug-likeness (QED) is 0.794. The van der Waals surface area contributed by atoms with Crippen molar-refractivity contribution in [2.24, 2.45) is 11.1 Å². The average molecular weight is 333 g/mol. The summed E-state index contributed by atoms with van der Waals surface area (Å²) < 4.78 is 5.10. The maximum atomic E-state index is 12.4. The fraction of sp³-hybridized carbons (Fsp3) is 0.556. The number of likely N-dealkylation sites (tertiary alicyclic amines) is 1. The van der Waals surface area contributed by atoms with Crippen LogP contribution in [0.4, 0.5) is 4.79 Å². The lowest BCUT2D eigenvalue weighted by Gasteiger charge is -2.40. The molecule has 1 atom stereocenters. The monoisotopic (exact) mass is 333 g/mol. The number of nitrogens with two attached hydrogens (primary N) is 1. The summed E-state index contributed by atoms with van der Waals surface area (Å²) in [5, 5.41) is 2.94. The first-order valence-corrected chi connectivity index (χ1v) is 8.43. The zero-order valence-corrected chi connectivity index (χ0v) is 14.3. The lowest BCUT2D eigenvalue weighted by atomic mass is 9.76. The molecule has 0 saturated carbocycles. The van der Waals surface area contributed by atoms with Crippen molar-refractivity contribution in [2.45, 2.75) is 25.7 Å². The van der Waals surface area contributed by atoms with Crippen LogP contribution in [0.3, 0.4) is 0 Å². The van der Waals surface area contributed by atoms with Crippen molar-refractivity contribution in [3.05, 3.63) is 35.9 Å². The van der Waals surface area contributed by atoms with Crippen LogP contribution in [0.5, 0.6) is 0 Å². The number of carbonyl (C=O) groups excluding carboxylic acids is 2. The minimum atomic E-state index is -0.676. The summed E-state index contributed by atoms with van der Waals surface area (Å²) in [6, 6.07) is 9.89. The number of hydrogen-bond acceptors (Lipinski definition) is 3. The van der Waals surface area contributed by atoms with E-state index < -0.39 is 5.41 Å². The van der Waals surface area contributed by atoms with Gasteiger partial charge in [-0.2, -0.15) is 0 Å². The van der Waals surface area contributed by atoms with Crippen molar-refractivity contribution < 1.29 is 14.3 Å². The van der Waals surface area contributed by atoms with Crippen LogP contribution in [0, 0.1) is 5.41 Å². The highest BCUT2D eigenvalue weighted by atomic mass is 16.5. The zero-order valence-electron chi connectivity index (χ0n) is 14.3. The standard InChI is InChI=1S/C18H27N3O3/c1-24-13-10-18(16(19)22)9-5-12-21(14-18)17(23)20-11-8-15-6-3-2-4-7-15/h2-4,6-7H,5,8-14H2,1H3,(H2,19,22)(H,20,23). The third-order valence-corrected chi connectivity index (χ3v) is 4.70. The highest BCUT2D eigenvalue weighted by Crippen LogP contribution is 2.33. The molecule has 132 valence electrons. The molecule has 2 rings (SSSR count). The third kappa shape index (κ3) is 4.71. The predicted octanol–water partition coefficient (Wildman–Crippen LogP) is 1.54. The number of amides is 3. The molecule has 6 nitrogen and oxygen atoms in total. The lowest BCUT2D eigenvalue weighted by molar-refractivity contribution is -0.131. The second-order valence-corrected chi connectivity index (χ2v) is 6.38. The number of ether oxygens (including phenoxy) is 1. The number of primary amides is 1. The second kappa shape index (κ2) is 8.68. The Kier molecular flexibility index (Phi) is 6.61. The van der Waals surface area contributed by atoms with Gasteiger partial charge in [-0.3, -0.25) is 4.79 Å². The van der Waals surface area contributed by atoms with Gasteiger partial charge < -0.3 is 20.7 Å². The fourth-order valence-electron chi connectivity index (χ4n) is 3.20. The molecule has 1 aromatic carbocycles. The number of nitrogens with one attached hydrogen (secondary N) is 1. The van der Waals surface area contributed by atoms with Crippen molar-refractivity contribution in [1.82, 2.24) is 10.2 Å². The molecule has 1 aliphatic rings. The number of methoxy groups -OCH3 is 1. The molecule has 0 aromatic heterocycles. The van der Waals surface area contributed by atoms with Crippen LogP contribution in [0.1, 0.15) is 24.8 Å². The van der Waals surface area contributed by atoms with E-state index >= 15 is 0 Å². The van der Waals surface area contributed by atoms with Crippen LogP contribution in [-0.2, 0) is 16.0 Å². The van der Waals surface area contributed by atoms with Gasteiger partial charge in [0, 0.05) is 33.4 Å². The molecule has 1 aromatic rings. The van der Waals surface area contributed by atoms with Gasteiger partial charge in [0.2, 0.25) is 5.91 Å². The van der Waals surface area contributed by atoms with Crippen molar-refractivity contribution in [1.29, 1.82) is 0 Å². The van der Waals surface area contributed by atoms with Crippen molar-refractivity contribution >= 4 is 11.9 Å². The number of rotatable bonds is 7. The van der Waals surface area contributed by atoms with E-state index in [1.807, 2.05) is 30.3 Å². The number of urea groups is 1. The summed E-state index contributed by atoms with van der Waals surface area (Å²) in [5.41, 5.74) is 6.14. The van der Waals surface area contributed by atoms with E-state index in [0.717, 1.165) is 12.8 Å². The van der Waals surface area contributed by atoms with Gasteiger partial charge in [0.05, 0.1) is 5.41 Å². The van der Waals surface area contributed by atoms with Gasteiger partial charge >= 0.3 is 6.03 Å². The second-order valence-electron chi connectivity index (χ2n) is 6.38. The Balaban J connectivity index is 1.88. The molecule has 3 amide bonds. The largest absolute Gasteiger partial charge is 0.385 e. The molecular formula is C18H27N3O3. The molecule has 1 fully saturated rings. The van der Waals surface area contributed by atoms with Gasteiger partial charge in [-0.25, -0.2) is 4.79 Å². The van der Waals surface area contributed by atoms with Gasteiger partial charge in [0.1, 0.15) is 0 Å². The van der Waals surface area contributed by atoms with E-state index in [2.05, 4.69) is 5.32 Å². The molecule has 1 unspecified atom stereocenters. The van der Waals surface area contributed by atoms with Crippen LogP contribution in [0.25, 0.3) is 0 Å². The molecule has 0 radical (unpaired) electrons. The molecule has 6 heteroatoms. The summed E-state index contributed by atoms with van der Waals surface area (Å²) >= 11 is 0. The van der Waals surface area contributed by atoms with E-state index in [-0.39, 0.29) is 11.9 Å². The molecule has 0 bridgehead atoms. The van der Waals surface area contributed by atoms with E-state index in [1.165, 1.54) is 5.56 Å². The van der Waals surface area contributed by atoms with E-state index in [9.17, 15) is 9.59 Å². The zero-order chi connectivity index (χ0) is 17.4. The van der Waals surface area contributed by atoms with Gasteiger partial charge in [0.25, 0.3) is 0 Å². The third-order valence-electron chi connectivity index (χ3n) is 4.70. The Morgan fingerprint density at radius 2 is 2.08 bits per heavy atom. The number of nitrogens with zero attached hydrogens (tertiary/aromatic N) is 1. The van der Waals surface area contributed by atoms with E-state index in [1.54, 1.807) is 12.0 Å². The van der Waals surface area contributed by atoms with Gasteiger partial charge in [-0.1, -0.05) is 30.3 Å². The highest BCUT2D eigenvalue weighted by molar-refractivity contribution is 5.83. The molecule has 3 N–H and O–H groups in total. The van der Waals surface area contributed by atoms with Gasteiger partial charge in [-0.05, 0) is 31.2 Å². The molecule has 1 aliphatic heterocycles. The first-order valence-electron chi connectivity index (χ1n) is 8.43. The minimum Gasteiger partial charge on any atom is -0.385 e. The molecule has 1 saturated heterocycles. The lowest BCUT2D eigenvalue weighted by Crippen LogP contribution is -2.54. The number of piperidine rings is 1. The predicted molar refractivity (Wildman–Crippen MR) is 92.5 cm³/mol. The molecule has 1 heterocycles. The smallest absolute Gasteiger partial charge is 0.317 e. The van der Waals surface area contributed by atoms with Crippen LogP contribution in [-0.4, -0.2) is 50.2 Å². The van der Waals surface area contributed by atoms with Crippen LogP contribution < -0.4 is 11.1 Å². The number of carbonyl (C=O) groups is 2. The highest BCUT2D eigenvalue weighted by Gasteiger charge is 2.41. The molecular weight excluding hydrogens is 306 g/mol. The SMILES string of the molecule is COCCC1(C(N)=O)CCCN(C(=O)NCCc2ccccc2)C1. The van der Waals surface area contributed by atoms with E-state index in [0.29, 0.717) is 39.1 Å². The first kappa shape index (κ1) is 18.3. The Bertz CT molecular complexity index is 550. The van der Waals surface area contributed by atoms with Crippen molar-refractivity contribution in [2.75, 3.05) is 33.4 Å². The molecule has 24 heavy (non-hydrogen) atoms. The molecule has 0 spiro atoms. The summed E-state index contributed by atoms with van der Waals surface area (Å²) in [6.07, 6.45) is 2.82.